The average molecular weight is 216 g/mol. The lowest BCUT2D eigenvalue weighted by Gasteiger charge is -2.07. The summed E-state index contributed by atoms with van der Waals surface area (Å²) in [5, 5.41) is 7.44. The van der Waals surface area contributed by atoms with Crippen molar-refractivity contribution in [3.63, 3.8) is 0 Å². The highest BCUT2D eigenvalue weighted by Gasteiger charge is 1.96. The van der Waals surface area contributed by atoms with Gasteiger partial charge in [0.2, 0.25) is 0 Å². The smallest absolute Gasteiger partial charge is 0.137 e. The highest BCUT2D eigenvalue weighted by Crippen LogP contribution is 2.05. The predicted molar refractivity (Wildman–Crippen MR) is 62.9 cm³/mol. The molecule has 0 atom stereocenters. The molecule has 1 aromatic carbocycles. The molecule has 0 saturated carbocycles. The van der Waals surface area contributed by atoms with E-state index in [2.05, 4.69) is 46.6 Å². The van der Waals surface area contributed by atoms with Crippen molar-refractivity contribution in [2.24, 2.45) is 0 Å². The maximum absolute atomic E-state index is 4.04. The van der Waals surface area contributed by atoms with Crippen molar-refractivity contribution in [2.75, 3.05) is 6.54 Å². The molecule has 0 bridgehead atoms. The number of nitrogens with one attached hydrogen (secondary N) is 1. The number of aromatic nitrogens is 3. The van der Waals surface area contributed by atoms with E-state index in [4.69, 9.17) is 0 Å². The second kappa shape index (κ2) is 5.42. The zero-order valence-electron chi connectivity index (χ0n) is 9.43. The van der Waals surface area contributed by atoms with Crippen molar-refractivity contribution in [1.29, 1.82) is 0 Å². The zero-order chi connectivity index (χ0) is 11.2. The van der Waals surface area contributed by atoms with Crippen LogP contribution in [0.15, 0.2) is 36.9 Å². The molecular formula is C12H16N4. The Morgan fingerprint density at radius 1 is 1.31 bits per heavy atom. The number of nitrogens with zero attached hydrogens (tertiary/aromatic N) is 3. The van der Waals surface area contributed by atoms with Gasteiger partial charge in [-0.3, -0.25) is 4.68 Å². The maximum atomic E-state index is 4.04. The third kappa shape index (κ3) is 2.90. The van der Waals surface area contributed by atoms with Gasteiger partial charge in [-0.15, -0.1) is 0 Å². The minimum absolute atomic E-state index is 0.853. The summed E-state index contributed by atoms with van der Waals surface area (Å²) in [6.07, 6.45) is 3.29. The third-order valence-electron chi connectivity index (χ3n) is 2.56. The Hall–Kier alpha value is -1.68. The zero-order valence-corrected chi connectivity index (χ0v) is 9.43. The summed E-state index contributed by atoms with van der Waals surface area (Å²) in [6.45, 7) is 4.79. The Labute approximate surface area is 95.3 Å². The lowest BCUT2D eigenvalue weighted by atomic mass is 10.1. The molecule has 0 spiro atoms. The first kappa shape index (κ1) is 10.8. The van der Waals surface area contributed by atoms with Crippen LogP contribution < -0.4 is 5.32 Å². The van der Waals surface area contributed by atoms with Gasteiger partial charge in [-0.05, 0) is 18.1 Å². The Morgan fingerprint density at radius 3 is 2.94 bits per heavy atom. The molecule has 0 amide bonds. The SMILES string of the molecule is Cc1ccccc1CNCCn1cncn1. The molecule has 1 N–H and O–H groups in total. The maximum Gasteiger partial charge on any atom is 0.137 e. The molecule has 1 aromatic heterocycles. The van der Waals surface area contributed by atoms with Crippen LogP contribution in [0.3, 0.4) is 0 Å². The van der Waals surface area contributed by atoms with E-state index in [0.717, 1.165) is 19.6 Å². The van der Waals surface area contributed by atoms with Crippen molar-refractivity contribution >= 4 is 0 Å². The van der Waals surface area contributed by atoms with Gasteiger partial charge >= 0.3 is 0 Å². The second-order valence-corrected chi connectivity index (χ2v) is 3.76. The molecule has 4 heteroatoms. The van der Waals surface area contributed by atoms with Gasteiger partial charge in [0.05, 0.1) is 6.54 Å². The number of hydrogen-bond acceptors (Lipinski definition) is 3. The molecule has 84 valence electrons. The van der Waals surface area contributed by atoms with Crippen molar-refractivity contribution in [2.45, 2.75) is 20.0 Å². The normalized spacial score (nSPS) is 10.6. The first-order valence-electron chi connectivity index (χ1n) is 5.44. The van der Waals surface area contributed by atoms with Gasteiger partial charge in [-0.25, -0.2) is 4.98 Å². The fraction of sp³-hybridized carbons (Fsp3) is 0.333. The van der Waals surface area contributed by atoms with Gasteiger partial charge in [-0.1, -0.05) is 24.3 Å². The second-order valence-electron chi connectivity index (χ2n) is 3.76. The highest BCUT2D eigenvalue weighted by atomic mass is 15.3. The summed E-state index contributed by atoms with van der Waals surface area (Å²) in [7, 11) is 0. The fourth-order valence-corrected chi connectivity index (χ4v) is 1.57. The quantitative estimate of drug-likeness (QED) is 0.768. The Morgan fingerprint density at radius 2 is 2.19 bits per heavy atom. The average Bonchev–Trinajstić information content (AvgIpc) is 2.79. The Balaban J connectivity index is 1.74. The predicted octanol–water partition coefficient (Wildman–Crippen LogP) is 1.38. The van der Waals surface area contributed by atoms with E-state index in [1.807, 2.05) is 4.68 Å². The fourth-order valence-electron chi connectivity index (χ4n) is 1.57. The summed E-state index contributed by atoms with van der Waals surface area (Å²) in [5.41, 5.74) is 2.68. The molecule has 4 nitrogen and oxygen atoms in total. The minimum atomic E-state index is 0.853. The van der Waals surface area contributed by atoms with Crippen LogP contribution in [0.1, 0.15) is 11.1 Å². The van der Waals surface area contributed by atoms with Crippen LogP contribution in [0.2, 0.25) is 0 Å². The van der Waals surface area contributed by atoms with E-state index < -0.39 is 0 Å². The molecule has 2 aromatic rings. The van der Waals surface area contributed by atoms with Crippen LogP contribution in [-0.4, -0.2) is 21.3 Å². The van der Waals surface area contributed by atoms with Crippen LogP contribution in [0, 0.1) is 6.92 Å². The standard InChI is InChI=1S/C12H16N4/c1-11-4-2-3-5-12(11)8-13-6-7-16-10-14-9-15-16/h2-5,9-10,13H,6-8H2,1H3. The van der Waals surface area contributed by atoms with Crippen molar-refractivity contribution in [3.05, 3.63) is 48.0 Å². The number of hydrogen-bond donors (Lipinski definition) is 1. The largest absolute Gasteiger partial charge is 0.311 e. The molecule has 0 aliphatic carbocycles. The lowest BCUT2D eigenvalue weighted by Crippen LogP contribution is -2.20. The Kier molecular flexibility index (Phi) is 3.66. The van der Waals surface area contributed by atoms with Gasteiger partial charge < -0.3 is 5.32 Å². The molecule has 0 unspecified atom stereocenters. The minimum Gasteiger partial charge on any atom is -0.311 e. The lowest BCUT2D eigenvalue weighted by molar-refractivity contribution is 0.553. The van der Waals surface area contributed by atoms with Crippen molar-refractivity contribution in [1.82, 2.24) is 20.1 Å². The van der Waals surface area contributed by atoms with Crippen LogP contribution in [0.25, 0.3) is 0 Å². The van der Waals surface area contributed by atoms with E-state index in [1.54, 1.807) is 12.7 Å². The van der Waals surface area contributed by atoms with Gasteiger partial charge in [-0.2, -0.15) is 5.10 Å². The van der Waals surface area contributed by atoms with E-state index in [1.165, 1.54) is 11.1 Å². The topological polar surface area (TPSA) is 42.7 Å². The van der Waals surface area contributed by atoms with Crippen LogP contribution >= 0.6 is 0 Å². The first-order valence-corrected chi connectivity index (χ1v) is 5.44. The summed E-state index contributed by atoms with van der Waals surface area (Å²) < 4.78 is 1.82. The molecule has 0 aliphatic heterocycles. The van der Waals surface area contributed by atoms with Crippen LogP contribution in [-0.2, 0) is 13.1 Å². The van der Waals surface area contributed by atoms with Crippen molar-refractivity contribution < 1.29 is 0 Å². The third-order valence-corrected chi connectivity index (χ3v) is 2.56. The van der Waals surface area contributed by atoms with Crippen molar-refractivity contribution in [3.8, 4) is 0 Å². The van der Waals surface area contributed by atoms with Gasteiger partial charge in [0.25, 0.3) is 0 Å². The van der Waals surface area contributed by atoms with Crippen LogP contribution in [0.4, 0.5) is 0 Å². The number of benzene rings is 1. The van der Waals surface area contributed by atoms with Gasteiger partial charge in [0, 0.05) is 13.1 Å². The summed E-state index contributed by atoms with van der Waals surface area (Å²) in [5.74, 6) is 0. The summed E-state index contributed by atoms with van der Waals surface area (Å²) >= 11 is 0. The first-order chi connectivity index (χ1) is 7.86. The highest BCUT2D eigenvalue weighted by molar-refractivity contribution is 5.25. The Bertz CT molecular complexity index is 422. The van der Waals surface area contributed by atoms with E-state index in [-0.39, 0.29) is 0 Å². The number of rotatable bonds is 5. The van der Waals surface area contributed by atoms with E-state index in [0.29, 0.717) is 0 Å². The summed E-state index contributed by atoms with van der Waals surface area (Å²) in [6, 6.07) is 8.42. The summed E-state index contributed by atoms with van der Waals surface area (Å²) in [4.78, 5) is 3.90. The van der Waals surface area contributed by atoms with E-state index in [9.17, 15) is 0 Å². The van der Waals surface area contributed by atoms with Crippen LogP contribution in [0.5, 0.6) is 0 Å². The molecule has 0 radical (unpaired) electrons. The molecule has 16 heavy (non-hydrogen) atoms. The molecule has 0 fully saturated rings. The monoisotopic (exact) mass is 216 g/mol. The molecule has 1 heterocycles. The van der Waals surface area contributed by atoms with Gasteiger partial charge in [0.1, 0.15) is 12.7 Å². The van der Waals surface area contributed by atoms with E-state index >= 15 is 0 Å². The molecule has 0 aliphatic rings. The molecule has 2 rings (SSSR count). The molecule has 0 saturated heterocycles. The number of aryl methyl sites for hydroxylation is 1. The van der Waals surface area contributed by atoms with Gasteiger partial charge in [0.15, 0.2) is 0 Å². The molecular weight excluding hydrogens is 200 g/mol.